The van der Waals surface area contributed by atoms with Crippen LogP contribution in [0.2, 0.25) is 0 Å². The molecule has 3 rings (SSSR count). The van der Waals surface area contributed by atoms with E-state index in [-0.39, 0.29) is 0 Å². The summed E-state index contributed by atoms with van der Waals surface area (Å²) in [4.78, 5) is 0. The number of alkyl halides is 1. The second-order valence-electron chi connectivity index (χ2n) is 4.31. The molecule has 0 saturated heterocycles. The van der Waals surface area contributed by atoms with E-state index in [4.69, 9.17) is 16.3 Å². The molecule has 1 aliphatic heterocycles. The first kappa shape index (κ1) is 8.60. The standard InChI is InChI=1S/C12H13ClO/c13-8-9-7-12(9)5-6-14-11-4-2-1-3-10(11)12/h1-4,9H,5-8H2. The van der Waals surface area contributed by atoms with Crippen LogP contribution in [0.4, 0.5) is 0 Å². The van der Waals surface area contributed by atoms with Crippen LogP contribution in [0, 0.1) is 5.92 Å². The molecule has 0 N–H and O–H groups in total. The van der Waals surface area contributed by atoms with Crippen LogP contribution in [0.3, 0.4) is 0 Å². The van der Waals surface area contributed by atoms with E-state index in [1.807, 2.05) is 6.07 Å². The Balaban J connectivity index is 2.05. The highest BCUT2D eigenvalue weighted by atomic mass is 35.5. The molecule has 1 aromatic rings. The number of ether oxygens (including phenoxy) is 1. The number of hydrogen-bond donors (Lipinski definition) is 0. The lowest BCUT2D eigenvalue weighted by molar-refractivity contribution is 0.255. The fourth-order valence-electron chi connectivity index (χ4n) is 2.70. The molecule has 1 saturated carbocycles. The maximum Gasteiger partial charge on any atom is 0.123 e. The van der Waals surface area contributed by atoms with Crippen LogP contribution in [-0.2, 0) is 5.41 Å². The summed E-state index contributed by atoms with van der Waals surface area (Å²) < 4.78 is 5.65. The van der Waals surface area contributed by atoms with Crippen molar-refractivity contribution < 1.29 is 4.74 Å². The number of para-hydroxylation sites is 1. The van der Waals surface area contributed by atoms with Gasteiger partial charge in [0.05, 0.1) is 6.61 Å². The van der Waals surface area contributed by atoms with Gasteiger partial charge in [0.1, 0.15) is 5.75 Å². The van der Waals surface area contributed by atoms with Gasteiger partial charge in [-0.25, -0.2) is 0 Å². The van der Waals surface area contributed by atoms with E-state index in [0.29, 0.717) is 11.3 Å². The van der Waals surface area contributed by atoms with Crippen LogP contribution < -0.4 is 4.74 Å². The summed E-state index contributed by atoms with van der Waals surface area (Å²) in [7, 11) is 0. The Kier molecular flexibility index (Phi) is 1.78. The van der Waals surface area contributed by atoms with Crippen LogP contribution in [0.25, 0.3) is 0 Å². The molecule has 2 aliphatic rings. The quantitative estimate of drug-likeness (QED) is 0.645. The summed E-state index contributed by atoms with van der Waals surface area (Å²) in [6.07, 6.45) is 2.39. The highest BCUT2D eigenvalue weighted by molar-refractivity contribution is 6.18. The smallest absolute Gasteiger partial charge is 0.123 e. The lowest BCUT2D eigenvalue weighted by Crippen LogP contribution is -2.22. The van der Waals surface area contributed by atoms with Crippen LogP contribution >= 0.6 is 11.6 Å². The molecule has 2 heteroatoms. The molecule has 0 bridgehead atoms. The van der Waals surface area contributed by atoms with E-state index in [1.165, 1.54) is 12.0 Å². The van der Waals surface area contributed by atoms with Crippen LogP contribution in [-0.4, -0.2) is 12.5 Å². The van der Waals surface area contributed by atoms with Gasteiger partial charge >= 0.3 is 0 Å². The molecule has 1 nitrogen and oxygen atoms in total. The van der Waals surface area contributed by atoms with Crippen molar-refractivity contribution in [3.63, 3.8) is 0 Å². The van der Waals surface area contributed by atoms with Crippen molar-refractivity contribution in [2.45, 2.75) is 18.3 Å². The van der Waals surface area contributed by atoms with Gasteiger partial charge in [0.15, 0.2) is 0 Å². The van der Waals surface area contributed by atoms with Gasteiger partial charge in [-0.2, -0.15) is 0 Å². The number of hydrogen-bond acceptors (Lipinski definition) is 1. The lowest BCUT2D eigenvalue weighted by Gasteiger charge is -2.26. The average Bonchev–Trinajstić information content (AvgIpc) is 2.94. The number of benzene rings is 1. The Hall–Kier alpha value is -0.690. The molecule has 0 amide bonds. The zero-order valence-electron chi connectivity index (χ0n) is 8.00. The Bertz CT molecular complexity index is 363. The fourth-order valence-corrected chi connectivity index (χ4v) is 3.11. The average molecular weight is 209 g/mol. The third kappa shape index (κ3) is 1.02. The van der Waals surface area contributed by atoms with E-state index in [2.05, 4.69) is 18.2 Å². The minimum absolute atomic E-state index is 0.372. The molecular weight excluding hydrogens is 196 g/mol. The molecule has 0 radical (unpaired) electrons. The van der Waals surface area contributed by atoms with Gasteiger partial charge in [-0.15, -0.1) is 11.6 Å². The van der Waals surface area contributed by atoms with E-state index < -0.39 is 0 Å². The van der Waals surface area contributed by atoms with Crippen molar-refractivity contribution >= 4 is 11.6 Å². The van der Waals surface area contributed by atoms with Crippen molar-refractivity contribution in [1.82, 2.24) is 0 Å². The summed E-state index contributed by atoms with van der Waals surface area (Å²) in [5, 5.41) is 0. The van der Waals surface area contributed by atoms with Crippen molar-refractivity contribution in [3.05, 3.63) is 29.8 Å². The second-order valence-corrected chi connectivity index (χ2v) is 4.61. The van der Waals surface area contributed by atoms with Crippen molar-refractivity contribution in [2.75, 3.05) is 12.5 Å². The molecule has 2 atom stereocenters. The Morgan fingerprint density at radius 2 is 2.29 bits per heavy atom. The van der Waals surface area contributed by atoms with E-state index >= 15 is 0 Å². The molecule has 1 spiro atoms. The summed E-state index contributed by atoms with van der Waals surface area (Å²) in [5.74, 6) is 2.54. The van der Waals surface area contributed by atoms with Gasteiger partial charge in [0, 0.05) is 16.9 Å². The van der Waals surface area contributed by atoms with E-state index in [1.54, 1.807) is 0 Å². The second kappa shape index (κ2) is 2.90. The molecule has 1 aliphatic carbocycles. The lowest BCUT2D eigenvalue weighted by atomic mass is 9.88. The van der Waals surface area contributed by atoms with E-state index in [0.717, 1.165) is 24.7 Å². The molecule has 1 heterocycles. The van der Waals surface area contributed by atoms with Gasteiger partial charge < -0.3 is 4.74 Å². The first-order valence-electron chi connectivity index (χ1n) is 5.15. The summed E-state index contributed by atoms with van der Waals surface area (Å²) in [6, 6.07) is 8.40. The van der Waals surface area contributed by atoms with Gasteiger partial charge in [-0.1, -0.05) is 18.2 Å². The monoisotopic (exact) mass is 208 g/mol. The minimum Gasteiger partial charge on any atom is -0.493 e. The highest BCUT2D eigenvalue weighted by Crippen LogP contribution is 2.60. The normalized spacial score (nSPS) is 33.6. The maximum atomic E-state index is 5.95. The van der Waals surface area contributed by atoms with Crippen molar-refractivity contribution in [3.8, 4) is 5.75 Å². The summed E-state index contributed by atoms with van der Waals surface area (Å²) >= 11 is 5.95. The zero-order chi connectivity index (χ0) is 9.60. The Morgan fingerprint density at radius 1 is 1.43 bits per heavy atom. The SMILES string of the molecule is ClCC1CC12CCOc1ccccc12. The largest absolute Gasteiger partial charge is 0.493 e. The zero-order valence-corrected chi connectivity index (χ0v) is 8.76. The number of fused-ring (bicyclic) bond motifs is 2. The summed E-state index contributed by atoms with van der Waals surface area (Å²) in [6.45, 7) is 0.852. The molecule has 14 heavy (non-hydrogen) atoms. The number of rotatable bonds is 1. The molecule has 1 aromatic carbocycles. The van der Waals surface area contributed by atoms with Crippen LogP contribution in [0.15, 0.2) is 24.3 Å². The van der Waals surface area contributed by atoms with Crippen LogP contribution in [0.5, 0.6) is 5.75 Å². The summed E-state index contributed by atoms with van der Waals surface area (Å²) in [5.41, 5.74) is 1.76. The van der Waals surface area contributed by atoms with Crippen molar-refractivity contribution in [1.29, 1.82) is 0 Å². The van der Waals surface area contributed by atoms with Gasteiger partial charge in [0.2, 0.25) is 0 Å². The predicted molar refractivity (Wildman–Crippen MR) is 57.1 cm³/mol. The number of halogens is 1. The van der Waals surface area contributed by atoms with E-state index in [9.17, 15) is 0 Å². The van der Waals surface area contributed by atoms with Gasteiger partial charge in [-0.3, -0.25) is 0 Å². The Labute approximate surface area is 89.0 Å². The van der Waals surface area contributed by atoms with Gasteiger partial charge in [-0.05, 0) is 24.8 Å². The maximum absolute atomic E-state index is 5.95. The van der Waals surface area contributed by atoms with Gasteiger partial charge in [0.25, 0.3) is 0 Å². The molecule has 74 valence electrons. The first-order chi connectivity index (χ1) is 6.87. The van der Waals surface area contributed by atoms with Crippen molar-refractivity contribution in [2.24, 2.45) is 5.92 Å². The first-order valence-corrected chi connectivity index (χ1v) is 5.68. The minimum atomic E-state index is 0.372. The molecule has 0 aromatic heterocycles. The topological polar surface area (TPSA) is 9.23 Å². The Morgan fingerprint density at radius 3 is 3.07 bits per heavy atom. The third-order valence-corrected chi connectivity index (χ3v) is 4.02. The predicted octanol–water partition coefficient (Wildman–Crippen LogP) is 2.97. The fraction of sp³-hybridized carbons (Fsp3) is 0.500. The highest BCUT2D eigenvalue weighted by Gasteiger charge is 2.56. The third-order valence-electron chi connectivity index (χ3n) is 3.65. The molecule has 1 fully saturated rings. The van der Waals surface area contributed by atoms with Crippen LogP contribution in [0.1, 0.15) is 18.4 Å². The molecular formula is C12H13ClO. The molecule has 2 unspecified atom stereocenters.